The molecule has 0 saturated heterocycles. The smallest absolute Gasteiger partial charge is 0.0121 e. The van der Waals surface area contributed by atoms with Crippen molar-refractivity contribution in [3.8, 4) is 0 Å². The van der Waals surface area contributed by atoms with Crippen LogP contribution in [0.5, 0.6) is 0 Å². The van der Waals surface area contributed by atoms with Crippen molar-refractivity contribution in [2.45, 2.75) is 77.8 Å². The third kappa shape index (κ3) is 3.23. The van der Waals surface area contributed by atoms with Crippen molar-refractivity contribution in [1.82, 2.24) is 5.32 Å². The molecular weight excluding hydrogens is 194 g/mol. The number of hydrogen-bond donors (Lipinski definition) is 1. The summed E-state index contributed by atoms with van der Waals surface area (Å²) < 4.78 is 0. The summed E-state index contributed by atoms with van der Waals surface area (Å²) >= 11 is 0. The minimum Gasteiger partial charge on any atom is -0.311 e. The minimum absolute atomic E-state index is 0.789. The van der Waals surface area contributed by atoms with Crippen molar-refractivity contribution in [1.29, 1.82) is 0 Å². The molecule has 2 fully saturated rings. The molecule has 2 rings (SSSR count). The van der Waals surface area contributed by atoms with E-state index in [-0.39, 0.29) is 0 Å². The van der Waals surface area contributed by atoms with Crippen LogP contribution in [0.1, 0.15) is 65.7 Å². The first-order valence-electron chi connectivity index (χ1n) is 7.46. The van der Waals surface area contributed by atoms with Gasteiger partial charge in [-0.1, -0.05) is 40.0 Å². The summed E-state index contributed by atoms with van der Waals surface area (Å²) in [5.41, 5.74) is 0. The van der Waals surface area contributed by atoms with Gasteiger partial charge in [-0.15, -0.1) is 0 Å². The van der Waals surface area contributed by atoms with Gasteiger partial charge in [0.2, 0.25) is 0 Å². The molecule has 0 spiro atoms. The van der Waals surface area contributed by atoms with Crippen molar-refractivity contribution in [2.24, 2.45) is 17.8 Å². The summed E-state index contributed by atoms with van der Waals surface area (Å²) in [6, 6.07) is 1.58. The van der Waals surface area contributed by atoms with Gasteiger partial charge in [-0.2, -0.15) is 0 Å². The van der Waals surface area contributed by atoms with Crippen LogP contribution in [0.15, 0.2) is 0 Å². The minimum atomic E-state index is 0.789. The summed E-state index contributed by atoms with van der Waals surface area (Å²) in [6.45, 7) is 7.23. The second-order valence-electron chi connectivity index (χ2n) is 6.36. The van der Waals surface area contributed by atoms with Gasteiger partial charge in [0.15, 0.2) is 0 Å². The van der Waals surface area contributed by atoms with E-state index < -0.39 is 0 Å². The van der Waals surface area contributed by atoms with E-state index in [0.717, 1.165) is 29.8 Å². The third-order valence-electron chi connectivity index (χ3n) is 4.78. The molecule has 1 nitrogen and oxygen atoms in total. The monoisotopic (exact) mass is 223 g/mol. The van der Waals surface area contributed by atoms with E-state index in [0.29, 0.717) is 0 Å². The van der Waals surface area contributed by atoms with Gasteiger partial charge in [0.05, 0.1) is 0 Å². The van der Waals surface area contributed by atoms with Crippen molar-refractivity contribution < 1.29 is 0 Å². The Morgan fingerprint density at radius 2 is 1.69 bits per heavy atom. The van der Waals surface area contributed by atoms with Gasteiger partial charge in [0.25, 0.3) is 0 Å². The van der Waals surface area contributed by atoms with E-state index >= 15 is 0 Å². The first-order valence-corrected chi connectivity index (χ1v) is 7.46. The maximum absolute atomic E-state index is 3.98. The maximum Gasteiger partial charge on any atom is 0.0121 e. The van der Waals surface area contributed by atoms with Gasteiger partial charge < -0.3 is 5.32 Å². The predicted octanol–water partition coefficient (Wildman–Crippen LogP) is 3.98. The molecule has 0 bridgehead atoms. The first kappa shape index (κ1) is 12.4. The van der Waals surface area contributed by atoms with Crippen LogP contribution in [0, 0.1) is 17.8 Å². The summed E-state index contributed by atoms with van der Waals surface area (Å²) in [5.74, 6) is 2.83. The molecule has 1 heteroatoms. The Balaban J connectivity index is 1.83. The Bertz CT molecular complexity index is 199. The lowest BCUT2D eigenvalue weighted by atomic mass is 9.78. The summed E-state index contributed by atoms with van der Waals surface area (Å²) in [7, 11) is 0. The van der Waals surface area contributed by atoms with Gasteiger partial charge >= 0.3 is 0 Å². The van der Waals surface area contributed by atoms with Crippen LogP contribution in [0.25, 0.3) is 0 Å². The molecule has 1 N–H and O–H groups in total. The molecule has 16 heavy (non-hydrogen) atoms. The Morgan fingerprint density at radius 3 is 2.19 bits per heavy atom. The average molecular weight is 223 g/mol. The molecule has 3 atom stereocenters. The molecule has 0 aliphatic heterocycles. The molecule has 94 valence electrons. The van der Waals surface area contributed by atoms with E-state index in [2.05, 4.69) is 26.1 Å². The van der Waals surface area contributed by atoms with E-state index in [1.54, 1.807) is 0 Å². The van der Waals surface area contributed by atoms with Crippen LogP contribution in [0.4, 0.5) is 0 Å². The van der Waals surface area contributed by atoms with Crippen molar-refractivity contribution in [2.75, 3.05) is 0 Å². The summed E-state index contributed by atoms with van der Waals surface area (Å²) in [4.78, 5) is 0. The molecule has 2 aliphatic rings. The lowest BCUT2D eigenvalue weighted by Gasteiger charge is -2.38. The van der Waals surface area contributed by atoms with Crippen molar-refractivity contribution in [3.63, 3.8) is 0 Å². The number of rotatable bonds is 5. The van der Waals surface area contributed by atoms with Crippen LogP contribution in [-0.4, -0.2) is 12.1 Å². The Hall–Kier alpha value is -0.0400. The second kappa shape index (κ2) is 5.53. The van der Waals surface area contributed by atoms with Crippen LogP contribution < -0.4 is 5.32 Å². The van der Waals surface area contributed by atoms with E-state index in [1.807, 2.05) is 0 Å². The molecule has 2 aliphatic carbocycles. The van der Waals surface area contributed by atoms with Crippen LogP contribution in [0.3, 0.4) is 0 Å². The number of hydrogen-bond acceptors (Lipinski definition) is 1. The fourth-order valence-corrected chi connectivity index (χ4v) is 3.39. The predicted molar refractivity (Wildman–Crippen MR) is 70.5 cm³/mol. The van der Waals surface area contributed by atoms with Gasteiger partial charge in [-0.25, -0.2) is 0 Å². The molecule has 0 aromatic carbocycles. The van der Waals surface area contributed by atoms with Gasteiger partial charge in [0.1, 0.15) is 0 Å². The highest BCUT2D eigenvalue weighted by molar-refractivity contribution is 4.88. The van der Waals surface area contributed by atoms with Crippen LogP contribution in [0.2, 0.25) is 0 Å². The molecule has 0 amide bonds. The van der Waals surface area contributed by atoms with Crippen molar-refractivity contribution >= 4 is 0 Å². The highest BCUT2D eigenvalue weighted by Gasteiger charge is 2.31. The fourth-order valence-electron chi connectivity index (χ4n) is 3.39. The Kier molecular flexibility index (Phi) is 4.29. The van der Waals surface area contributed by atoms with Crippen LogP contribution >= 0.6 is 0 Å². The second-order valence-corrected chi connectivity index (χ2v) is 6.36. The van der Waals surface area contributed by atoms with Gasteiger partial charge in [-0.05, 0) is 43.4 Å². The molecule has 3 unspecified atom stereocenters. The highest BCUT2D eigenvalue weighted by atomic mass is 15.0. The zero-order valence-corrected chi connectivity index (χ0v) is 11.3. The fraction of sp³-hybridized carbons (Fsp3) is 1.00. The van der Waals surface area contributed by atoms with E-state index in [1.165, 1.54) is 44.9 Å². The Morgan fingerprint density at radius 1 is 1.06 bits per heavy atom. The topological polar surface area (TPSA) is 12.0 Å². The standard InChI is InChI=1S/C15H29N/c1-4-14(10-13-8-9-13)16-15-11(2)6-5-7-12(15)3/h11-16H,4-10H2,1-3H3. The lowest BCUT2D eigenvalue weighted by Crippen LogP contribution is -2.47. The van der Waals surface area contributed by atoms with Crippen molar-refractivity contribution in [3.05, 3.63) is 0 Å². The largest absolute Gasteiger partial charge is 0.311 e. The average Bonchev–Trinajstić information content (AvgIpc) is 3.06. The van der Waals surface area contributed by atoms with E-state index in [4.69, 9.17) is 0 Å². The normalized spacial score (nSPS) is 37.3. The molecule has 2 saturated carbocycles. The quantitative estimate of drug-likeness (QED) is 0.743. The summed E-state index contributed by atoms with van der Waals surface area (Å²) in [6.07, 6.45) is 10.0. The zero-order valence-electron chi connectivity index (χ0n) is 11.3. The maximum atomic E-state index is 3.98. The molecule has 0 aromatic heterocycles. The summed E-state index contributed by atoms with van der Waals surface area (Å²) in [5, 5.41) is 3.98. The molecule has 0 heterocycles. The first-order chi connectivity index (χ1) is 7.70. The third-order valence-corrected chi connectivity index (χ3v) is 4.78. The molecule has 0 radical (unpaired) electrons. The van der Waals surface area contributed by atoms with E-state index in [9.17, 15) is 0 Å². The zero-order chi connectivity index (χ0) is 11.5. The lowest BCUT2D eigenvalue weighted by molar-refractivity contribution is 0.186. The van der Waals surface area contributed by atoms with Crippen LogP contribution in [-0.2, 0) is 0 Å². The van der Waals surface area contributed by atoms with Gasteiger partial charge in [-0.3, -0.25) is 0 Å². The number of nitrogens with one attached hydrogen (secondary N) is 1. The molecular formula is C15H29N. The highest BCUT2D eigenvalue weighted by Crippen LogP contribution is 2.35. The van der Waals surface area contributed by atoms with Gasteiger partial charge in [0, 0.05) is 12.1 Å². The SMILES string of the molecule is CCC(CC1CC1)NC1C(C)CCCC1C. The molecule has 0 aromatic rings. The Labute approximate surface area is 101 Å².